The highest BCUT2D eigenvalue weighted by Gasteiger charge is 2.16. The molecule has 29 heavy (non-hydrogen) atoms. The molecule has 1 heterocycles. The van der Waals surface area contributed by atoms with Crippen LogP contribution in [-0.4, -0.2) is 28.2 Å². The molecule has 0 aliphatic carbocycles. The van der Waals surface area contributed by atoms with Crippen molar-refractivity contribution in [3.05, 3.63) is 78.4 Å². The van der Waals surface area contributed by atoms with Crippen molar-refractivity contribution in [3.8, 4) is 10.6 Å². The van der Waals surface area contributed by atoms with E-state index in [0.717, 1.165) is 21.9 Å². The Morgan fingerprint density at radius 2 is 1.62 bits per heavy atom. The lowest BCUT2D eigenvalue weighted by atomic mass is 10.1. The first-order valence-electron chi connectivity index (χ1n) is 8.72. The van der Waals surface area contributed by atoms with Gasteiger partial charge in [0.15, 0.2) is 0 Å². The van der Waals surface area contributed by atoms with Gasteiger partial charge in [-0.15, -0.1) is 10.2 Å². The van der Waals surface area contributed by atoms with Gasteiger partial charge in [-0.05, 0) is 10.8 Å². The summed E-state index contributed by atoms with van der Waals surface area (Å²) in [5.41, 5.74) is 3.95. The smallest absolute Gasteiger partial charge is 0.292 e. The predicted molar refractivity (Wildman–Crippen MR) is 114 cm³/mol. The topological polar surface area (TPSA) is 96.3 Å². The van der Waals surface area contributed by atoms with Crippen LogP contribution in [0.4, 0.5) is 5.13 Å². The fraction of sp³-hybridized carbons (Fsp3) is 0. The van der Waals surface area contributed by atoms with Crippen molar-refractivity contribution in [2.45, 2.75) is 0 Å². The van der Waals surface area contributed by atoms with Crippen LogP contribution in [0.15, 0.2) is 77.9 Å². The Labute approximate surface area is 170 Å². The van der Waals surface area contributed by atoms with Gasteiger partial charge in [0.05, 0.1) is 6.21 Å². The third-order valence-electron chi connectivity index (χ3n) is 4.07. The monoisotopic (exact) mass is 401 g/mol. The molecule has 0 fully saturated rings. The molecule has 1 aromatic heterocycles. The Morgan fingerprint density at radius 3 is 2.48 bits per heavy atom. The molecule has 0 unspecified atom stereocenters. The number of nitrogens with zero attached hydrogens (tertiary/aromatic N) is 3. The van der Waals surface area contributed by atoms with Gasteiger partial charge in [0.1, 0.15) is 5.01 Å². The van der Waals surface area contributed by atoms with Gasteiger partial charge in [-0.25, -0.2) is 5.43 Å². The van der Waals surface area contributed by atoms with Crippen LogP contribution >= 0.6 is 11.3 Å². The van der Waals surface area contributed by atoms with Crippen LogP contribution in [0.5, 0.6) is 0 Å². The van der Waals surface area contributed by atoms with E-state index in [9.17, 15) is 9.59 Å². The van der Waals surface area contributed by atoms with Crippen LogP contribution in [-0.2, 0) is 9.59 Å². The van der Waals surface area contributed by atoms with Crippen molar-refractivity contribution in [2.24, 2.45) is 5.10 Å². The molecule has 0 atom stereocenters. The van der Waals surface area contributed by atoms with Gasteiger partial charge in [-0.2, -0.15) is 5.10 Å². The Morgan fingerprint density at radius 1 is 0.862 bits per heavy atom. The standard InChI is InChI=1S/C21H15N5O2S/c27-18(23-21-26-25-20(29-21)15-8-2-1-3-9-15)19(28)24-22-13-16-11-6-10-14-7-4-5-12-17(14)16/h1-13H,(H,24,28)(H,23,26,27)/b22-13-. The normalized spacial score (nSPS) is 10.9. The molecule has 142 valence electrons. The molecule has 7 nitrogen and oxygen atoms in total. The second-order valence-electron chi connectivity index (χ2n) is 6.00. The maximum absolute atomic E-state index is 12.1. The summed E-state index contributed by atoms with van der Waals surface area (Å²) in [6.45, 7) is 0. The second-order valence-corrected chi connectivity index (χ2v) is 6.98. The summed E-state index contributed by atoms with van der Waals surface area (Å²) < 4.78 is 0. The zero-order chi connectivity index (χ0) is 20.1. The average Bonchev–Trinajstić information content (AvgIpc) is 3.23. The fourth-order valence-corrected chi connectivity index (χ4v) is 3.44. The van der Waals surface area contributed by atoms with E-state index in [1.165, 1.54) is 17.6 Å². The van der Waals surface area contributed by atoms with E-state index in [-0.39, 0.29) is 5.13 Å². The molecule has 0 saturated carbocycles. The number of benzene rings is 3. The number of amides is 2. The van der Waals surface area contributed by atoms with Crippen LogP contribution in [0.25, 0.3) is 21.3 Å². The second kappa shape index (κ2) is 8.41. The van der Waals surface area contributed by atoms with Gasteiger partial charge >= 0.3 is 11.8 Å². The lowest BCUT2D eigenvalue weighted by Gasteiger charge is -2.02. The van der Waals surface area contributed by atoms with E-state index in [2.05, 4.69) is 26.0 Å². The van der Waals surface area contributed by atoms with Gasteiger partial charge in [0, 0.05) is 11.1 Å². The largest absolute Gasteiger partial charge is 0.329 e. The highest BCUT2D eigenvalue weighted by molar-refractivity contribution is 7.18. The molecule has 0 aliphatic rings. The molecule has 2 amide bonds. The zero-order valence-electron chi connectivity index (χ0n) is 15.1. The lowest BCUT2D eigenvalue weighted by Crippen LogP contribution is -2.32. The van der Waals surface area contributed by atoms with Gasteiger partial charge < -0.3 is 0 Å². The van der Waals surface area contributed by atoms with E-state index in [0.29, 0.717) is 5.01 Å². The molecule has 0 radical (unpaired) electrons. The van der Waals surface area contributed by atoms with E-state index in [4.69, 9.17) is 0 Å². The first-order valence-corrected chi connectivity index (χ1v) is 9.53. The number of hydrogen-bond acceptors (Lipinski definition) is 6. The van der Waals surface area contributed by atoms with Crippen LogP contribution in [0, 0.1) is 0 Å². The number of nitrogens with one attached hydrogen (secondary N) is 2. The highest BCUT2D eigenvalue weighted by Crippen LogP contribution is 2.25. The van der Waals surface area contributed by atoms with Crippen molar-refractivity contribution in [3.63, 3.8) is 0 Å². The van der Waals surface area contributed by atoms with Crippen molar-refractivity contribution in [1.29, 1.82) is 0 Å². The van der Waals surface area contributed by atoms with Crippen molar-refractivity contribution >= 4 is 45.3 Å². The summed E-state index contributed by atoms with van der Waals surface area (Å²) in [4.78, 5) is 24.1. The number of rotatable bonds is 4. The minimum Gasteiger partial charge on any atom is -0.292 e. The van der Waals surface area contributed by atoms with Crippen LogP contribution in [0.2, 0.25) is 0 Å². The summed E-state index contributed by atoms with van der Waals surface area (Å²) in [5.74, 6) is -1.76. The molecule has 4 aromatic rings. The summed E-state index contributed by atoms with van der Waals surface area (Å²) in [5, 5.41) is 17.2. The minimum absolute atomic E-state index is 0.238. The van der Waals surface area contributed by atoms with Crippen LogP contribution < -0.4 is 10.7 Å². The summed E-state index contributed by atoms with van der Waals surface area (Å²) in [6, 6.07) is 23.1. The molecule has 0 aliphatic heterocycles. The SMILES string of the molecule is O=C(N/N=C\c1cccc2ccccc12)C(=O)Nc1nnc(-c2ccccc2)s1. The summed E-state index contributed by atoms with van der Waals surface area (Å²) in [7, 11) is 0. The molecule has 8 heteroatoms. The third kappa shape index (κ3) is 4.33. The minimum atomic E-state index is -0.891. The Kier molecular flexibility index (Phi) is 5.35. The predicted octanol–water partition coefficient (Wildman–Crippen LogP) is 3.45. The van der Waals surface area contributed by atoms with Crippen molar-refractivity contribution < 1.29 is 9.59 Å². The molecule has 3 aromatic carbocycles. The Bertz CT molecular complexity index is 1200. The fourth-order valence-electron chi connectivity index (χ4n) is 2.70. The molecule has 4 rings (SSSR count). The first-order chi connectivity index (χ1) is 14.2. The zero-order valence-corrected chi connectivity index (χ0v) is 15.9. The van der Waals surface area contributed by atoms with Crippen molar-refractivity contribution in [1.82, 2.24) is 15.6 Å². The van der Waals surface area contributed by atoms with Crippen molar-refractivity contribution in [2.75, 3.05) is 5.32 Å². The van der Waals surface area contributed by atoms with Gasteiger partial charge in [-0.1, -0.05) is 84.1 Å². The van der Waals surface area contributed by atoms with E-state index in [1.54, 1.807) is 0 Å². The van der Waals surface area contributed by atoms with E-state index in [1.807, 2.05) is 72.8 Å². The van der Waals surface area contributed by atoms with E-state index >= 15 is 0 Å². The molecule has 0 saturated heterocycles. The molecule has 0 bridgehead atoms. The van der Waals surface area contributed by atoms with Crippen LogP contribution in [0.1, 0.15) is 5.56 Å². The number of anilines is 1. The number of fused-ring (bicyclic) bond motifs is 1. The maximum atomic E-state index is 12.1. The van der Waals surface area contributed by atoms with Gasteiger partial charge in [-0.3, -0.25) is 14.9 Å². The quantitative estimate of drug-likeness (QED) is 0.311. The number of hydrogen-bond donors (Lipinski definition) is 2. The number of carbonyl (C=O) groups excluding carboxylic acids is 2. The summed E-state index contributed by atoms with van der Waals surface area (Å²) >= 11 is 1.18. The molecular formula is C21H15N5O2S. The third-order valence-corrected chi connectivity index (χ3v) is 4.95. The van der Waals surface area contributed by atoms with E-state index < -0.39 is 11.8 Å². The first kappa shape index (κ1) is 18.5. The average molecular weight is 401 g/mol. The number of carbonyl (C=O) groups is 2. The number of aromatic nitrogens is 2. The Balaban J connectivity index is 1.38. The number of hydrazone groups is 1. The molecular weight excluding hydrogens is 386 g/mol. The maximum Gasteiger partial charge on any atom is 0.329 e. The van der Waals surface area contributed by atoms with Gasteiger partial charge in [0.2, 0.25) is 5.13 Å². The molecule has 0 spiro atoms. The Hall–Kier alpha value is -3.91. The lowest BCUT2D eigenvalue weighted by molar-refractivity contribution is -0.136. The van der Waals surface area contributed by atoms with Crippen LogP contribution in [0.3, 0.4) is 0 Å². The van der Waals surface area contributed by atoms with Gasteiger partial charge in [0.25, 0.3) is 0 Å². The summed E-state index contributed by atoms with van der Waals surface area (Å²) in [6.07, 6.45) is 1.51. The highest BCUT2D eigenvalue weighted by atomic mass is 32.1. The molecule has 2 N–H and O–H groups in total.